The van der Waals surface area contributed by atoms with Crippen molar-refractivity contribution in [2.75, 3.05) is 5.88 Å². The number of benzene rings is 1. The number of carboxylic acid groups (broad SMARTS) is 1. The van der Waals surface area contributed by atoms with Crippen LogP contribution in [0.15, 0.2) is 18.2 Å². The van der Waals surface area contributed by atoms with Crippen LogP contribution in [0.25, 0.3) is 0 Å². The van der Waals surface area contributed by atoms with Crippen LogP contribution >= 0.6 is 11.6 Å². The molecule has 0 fully saturated rings. The number of hydrogen-bond donors (Lipinski definition) is 2. The average Bonchev–Trinajstić information content (AvgIpc) is 2.37. The number of ketones is 1. The number of aliphatic hydroxyl groups excluding tert-OH is 1. The minimum absolute atomic E-state index is 0.154. The number of hydrogen-bond acceptors (Lipinski definition) is 3. The normalized spacial score (nSPS) is 12.2. The van der Waals surface area contributed by atoms with Gasteiger partial charge in [-0.15, -0.1) is 11.6 Å². The van der Waals surface area contributed by atoms with E-state index in [1.54, 1.807) is 12.1 Å². The molecule has 2 N–H and O–H groups in total. The monoisotopic (exact) mass is 270 g/mol. The Hall–Kier alpha value is -1.39. The van der Waals surface area contributed by atoms with E-state index >= 15 is 0 Å². The summed E-state index contributed by atoms with van der Waals surface area (Å²) in [5.74, 6) is -1.27. The minimum atomic E-state index is -1.61. The molecule has 0 bridgehead atoms. The number of aryl methyl sites for hydroxylation is 1. The summed E-state index contributed by atoms with van der Waals surface area (Å²) in [5.41, 5.74) is 1.43. The number of aliphatic hydroxyl groups is 1. The predicted molar refractivity (Wildman–Crippen MR) is 68.1 cm³/mol. The van der Waals surface area contributed by atoms with Crippen molar-refractivity contribution < 1.29 is 19.8 Å². The van der Waals surface area contributed by atoms with Crippen molar-refractivity contribution in [2.24, 2.45) is 0 Å². The Morgan fingerprint density at radius 2 is 2.00 bits per heavy atom. The number of carbonyl (C=O) groups is 2. The van der Waals surface area contributed by atoms with Gasteiger partial charge in [0.2, 0.25) is 0 Å². The molecule has 4 nitrogen and oxygen atoms in total. The molecular weight excluding hydrogens is 256 g/mol. The third-order valence-corrected chi connectivity index (χ3v) is 2.81. The zero-order valence-electron chi connectivity index (χ0n) is 10.0. The van der Waals surface area contributed by atoms with Crippen LogP contribution in [0.2, 0.25) is 0 Å². The van der Waals surface area contributed by atoms with Gasteiger partial charge in [0.05, 0.1) is 0 Å². The minimum Gasteiger partial charge on any atom is -0.479 e. The predicted octanol–water partition coefficient (Wildman–Crippen LogP) is 2.18. The van der Waals surface area contributed by atoms with Crippen LogP contribution in [0.4, 0.5) is 0 Å². The van der Waals surface area contributed by atoms with Gasteiger partial charge in [-0.1, -0.05) is 13.0 Å². The summed E-state index contributed by atoms with van der Waals surface area (Å²) in [7, 11) is 0. The second kappa shape index (κ2) is 6.52. The first-order chi connectivity index (χ1) is 8.49. The van der Waals surface area contributed by atoms with Crippen LogP contribution in [0.3, 0.4) is 0 Å². The van der Waals surface area contributed by atoms with Gasteiger partial charge < -0.3 is 10.2 Å². The molecule has 1 rings (SSSR count). The molecule has 0 aromatic heterocycles. The smallest absolute Gasteiger partial charge is 0.337 e. The van der Waals surface area contributed by atoms with E-state index in [4.69, 9.17) is 16.7 Å². The van der Waals surface area contributed by atoms with Gasteiger partial charge in [0.1, 0.15) is 0 Å². The fraction of sp³-hybridized carbons (Fsp3) is 0.385. The molecule has 5 heteroatoms. The molecule has 0 aliphatic carbocycles. The Bertz CT molecular complexity index is 456. The molecular formula is C13H15ClO4. The summed E-state index contributed by atoms with van der Waals surface area (Å²) in [6, 6.07) is 4.70. The van der Waals surface area contributed by atoms with Crippen LogP contribution in [0.5, 0.6) is 0 Å². The van der Waals surface area contributed by atoms with Crippen molar-refractivity contribution in [3.8, 4) is 0 Å². The van der Waals surface area contributed by atoms with Crippen molar-refractivity contribution in [3.63, 3.8) is 0 Å². The van der Waals surface area contributed by atoms with Gasteiger partial charge in [-0.25, -0.2) is 4.79 Å². The second-order valence-corrected chi connectivity index (χ2v) is 4.30. The van der Waals surface area contributed by atoms with E-state index in [0.717, 1.165) is 5.56 Å². The average molecular weight is 271 g/mol. The van der Waals surface area contributed by atoms with Crippen molar-refractivity contribution in [1.29, 1.82) is 0 Å². The molecule has 0 aliphatic rings. The lowest BCUT2D eigenvalue weighted by molar-refractivity contribution is -0.146. The van der Waals surface area contributed by atoms with E-state index in [2.05, 4.69) is 0 Å². The Balaban J connectivity index is 3.16. The van der Waals surface area contributed by atoms with Crippen molar-refractivity contribution >= 4 is 23.4 Å². The molecule has 0 saturated carbocycles. The maximum Gasteiger partial charge on any atom is 0.337 e. The molecule has 1 atom stereocenters. The fourth-order valence-corrected chi connectivity index (χ4v) is 1.79. The number of halogens is 1. The largest absolute Gasteiger partial charge is 0.479 e. The van der Waals surface area contributed by atoms with Crippen LogP contribution < -0.4 is 0 Å². The van der Waals surface area contributed by atoms with Gasteiger partial charge in [0, 0.05) is 17.9 Å². The molecule has 0 heterocycles. The van der Waals surface area contributed by atoms with Crippen LogP contribution in [-0.2, 0) is 11.2 Å². The first-order valence-electron chi connectivity index (χ1n) is 5.63. The molecule has 18 heavy (non-hydrogen) atoms. The van der Waals surface area contributed by atoms with Gasteiger partial charge in [-0.05, 0) is 29.7 Å². The zero-order chi connectivity index (χ0) is 13.7. The number of rotatable bonds is 6. The Morgan fingerprint density at radius 1 is 1.33 bits per heavy atom. The number of aliphatic carboxylic acids is 1. The molecule has 98 valence electrons. The van der Waals surface area contributed by atoms with E-state index in [9.17, 15) is 14.7 Å². The summed E-state index contributed by atoms with van der Waals surface area (Å²) in [5, 5.41) is 18.3. The van der Waals surface area contributed by atoms with Crippen molar-refractivity contribution in [2.45, 2.75) is 25.9 Å². The zero-order valence-corrected chi connectivity index (χ0v) is 10.8. The molecule has 1 unspecified atom stereocenters. The third-order valence-electron chi connectivity index (χ3n) is 2.62. The molecule has 0 spiro atoms. The SMILES string of the molecule is CCc1cc(C(=O)CCCl)cc(C(O)C(=O)O)c1. The molecule has 0 amide bonds. The summed E-state index contributed by atoms with van der Waals surface area (Å²) in [6.45, 7) is 1.89. The number of Topliss-reactive ketones (excluding diaryl/α,β-unsaturated/α-hetero) is 1. The lowest BCUT2D eigenvalue weighted by Gasteiger charge is -2.10. The second-order valence-electron chi connectivity index (χ2n) is 3.92. The van der Waals surface area contributed by atoms with E-state index in [-0.39, 0.29) is 23.6 Å². The van der Waals surface area contributed by atoms with E-state index in [1.807, 2.05) is 6.92 Å². The molecule has 0 aliphatic heterocycles. The van der Waals surface area contributed by atoms with Crippen LogP contribution in [0, 0.1) is 0 Å². The summed E-state index contributed by atoms with van der Waals surface area (Å²) >= 11 is 5.51. The summed E-state index contributed by atoms with van der Waals surface area (Å²) in [6.07, 6.45) is -0.766. The number of carbonyl (C=O) groups excluding carboxylic acids is 1. The van der Waals surface area contributed by atoms with Gasteiger partial charge in [-0.2, -0.15) is 0 Å². The highest BCUT2D eigenvalue weighted by molar-refractivity contribution is 6.19. The Morgan fingerprint density at radius 3 is 2.50 bits per heavy atom. The maximum atomic E-state index is 11.7. The molecule has 0 saturated heterocycles. The van der Waals surface area contributed by atoms with Crippen molar-refractivity contribution in [3.05, 3.63) is 34.9 Å². The quantitative estimate of drug-likeness (QED) is 0.614. The highest BCUT2D eigenvalue weighted by atomic mass is 35.5. The first-order valence-corrected chi connectivity index (χ1v) is 6.17. The topological polar surface area (TPSA) is 74.6 Å². The fourth-order valence-electron chi connectivity index (χ4n) is 1.61. The highest BCUT2D eigenvalue weighted by Crippen LogP contribution is 2.19. The maximum absolute atomic E-state index is 11.7. The third kappa shape index (κ3) is 3.55. The van der Waals surface area contributed by atoms with E-state index in [1.165, 1.54) is 6.07 Å². The van der Waals surface area contributed by atoms with E-state index < -0.39 is 12.1 Å². The van der Waals surface area contributed by atoms with Crippen LogP contribution in [-0.4, -0.2) is 27.8 Å². The Labute approximate surface area is 110 Å². The molecule has 0 radical (unpaired) electrons. The first kappa shape index (κ1) is 14.7. The van der Waals surface area contributed by atoms with Gasteiger partial charge in [0.25, 0.3) is 0 Å². The number of alkyl halides is 1. The van der Waals surface area contributed by atoms with Gasteiger partial charge >= 0.3 is 5.97 Å². The Kier molecular flexibility index (Phi) is 5.31. The summed E-state index contributed by atoms with van der Waals surface area (Å²) in [4.78, 5) is 22.5. The van der Waals surface area contributed by atoms with Gasteiger partial charge in [-0.3, -0.25) is 4.79 Å². The lowest BCUT2D eigenvalue weighted by Crippen LogP contribution is -2.12. The standard InChI is InChI=1S/C13H15ClO4/c1-2-8-5-9(11(15)3-4-14)7-10(6-8)12(16)13(17)18/h5-7,12,16H,2-4H2,1H3,(H,17,18). The van der Waals surface area contributed by atoms with E-state index in [0.29, 0.717) is 12.0 Å². The lowest BCUT2D eigenvalue weighted by atomic mass is 9.98. The highest BCUT2D eigenvalue weighted by Gasteiger charge is 2.18. The molecule has 1 aromatic rings. The van der Waals surface area contributed by atoms with Crippen molar-refractivity contribution in [1.82, 2.24) is 0 Å². The number of carboxylic acids is 1. The summed E-state index contributed by atoms with van der Waals surface area (Å²) < 4.78 is 0. The van der Waals surface area contributed by atoms with Gasteiger partial charge in [0.15, 0.2) is 11.9 Å². The van der Waals surface area contributed by atoms with Crippen LogP contribution in [0.1, 0.15) is 40.9 Å². The molecule has 1 aromatic carbocycles.